The van der Waals surface area contributed by atoms with E-state index in [2.05, 4.69) is 10.5 Å². The van der Waals surface area contributed by atoms with Gasteiger partial charge in [-0.1, -0.05) is 17.3 Å². The van der Waals surface area contributed by atoms with Crippen LogP contribution in [0.3, 0.4) is 0 Å². The first-order valence-corrected chi connectivity index (χ1v) is 6.21. The zero-order valence-corrected chi connectivity index (χ0v) is 10.4. The number of rotatable bonds is 2. The Bertz CT molecular complexity index is 548. The summed E-state index contributed by atoms with van der Waals surface area (Å²) in [6.07, 6.45) is 1.85. The quantitative estimate of drug-likeness (QED) is 0.878. The minimum absolute atomic E-state index is 0.839. The summed E-state index contributed by atoms with van der Waals surface area (Å²) in [5, 5.41) is 7.60. The molecule has 0 spiro atoms. The van der Waals surface area contributed by atoms with Crippen LogP contribution in [0, 0.1) is 0 Å². The molecule has 1 aliphatic heterocycles. The van der Waals surface area contributed by atoms with Gasteiger partial charge in [0.2, 0.25) is 0 Å². The maximum Gasteiger partial charge on any atom is 0.141 e. The minimum Gasteiger partial charge on any atom is -0.496 e. The highest BCUT2D eigenvalue weighted by molar-refractivity contribution is 5.70. The van der Waals surface area contributed by atoms with Crippen LogP contribution in [0.2, 0.25) is 0 Å². The third kappa shape index (κ3) is 1.88. The fourth-order valence-corrected chi connectivity index (χ4v) is 2.39. The van der Waals surface area contributed by atoms with Crippen LogP contribution in [0.4, 0.5) is 0 Å². The largest absolute Gasteiger partial charge is 0.496 e. The molecular formula is C14H16N2O2. The van der Waals surface area contributed by atoms with Gasteiger partial charge in [-0.3, -0.25) is 0 Å². The topological polar surface area (TPSA) is 47.3 Å². The van der Waals surface area contributed by atoms with Crippen molar-refractivity contribution in [2.75, 3.05) is 20.2 Å². The summed E-state index contributed by atoms with van der Waals surface area (Å²) in [7, 11) is 1.68. The molecule has 3 rings (SSSR count). The van der Waals surface area contributed by atoms with Crippen LogP contribution >= 0.6 is 0 Å². The van der Waals surface area contributed by atoms with E-state index in [1.807, 2.05) is 24.3 Å². The van der Waals surface area contributed by atoms with Gasteiger partial charge in [0.05, 0.1) is 7.11 Å². The van der Waals surface area contributed by atoms with Crippen LogP contribution in [-0.4, -0.2) is 25.4 Å². The average molecular weight is 244 g/mol. The number of aromatic nitrogens is 1. The SMILES string of the molecule is COc1ccccc1-c1noc2c1CCNCC2. The monoisotopic (exact) mass is 244 g/mol. The van der Waals surface area contributed by atoms with Gasteiger partial charge in [-0.15, -0.1) is 0 Å². The van der Waals surface area contributed by atoms with E-state index in [0.29, 0.717) is 0 Å². The second-order valence-corrected chi connectivity index (χ2v) is 4.38. The van der Waals surface area contributed by atoms with Gasteiger partial charge < -0.3 is 14.6 Å². The molecule has 94 valence electrons. The summed E-state index contributed by atoms with van der Waals surface area (Å²) in [4.78, 5) is 0. The Morgan fingerprint density at radius 3 is 2.94 bits per heavy atom. The van der Waals surface area contributed by atoms with Gasteiger partial charge in [-0.2, -0.15) is 0 Å². The van der Waals surface area contributed by atoms with Gasteiger partial charge in [-0.05, 0) is 25.1 Å². The fourth-order valence-electron chi connectivity index (χ4n) is 2.39. The molecule has 1 aromatic heterocycles. The lowest BCUT2D eigenvalue weighted by atomic mass is 10.0. The zero-order chi connectivity index (χ0) is 12.4. The van der Waals surface area contributed by atoms with Gasteiger partial charge >= 0.3 is 0 Å². The summed E-state index contributed by atoms with van der Waals surface area (Å²) in [6, 6.07) is 7.93. The molecule has 1 aliphatic rings. The number of benzene rings is 1. The standard InChI is InChI=1S/C14H16N2O2/c1-17-12-5-3-2-4-10(12)14-11-6-8-15-9-7-13(11)18-16-14/h2-5,15H,6-9H2,1H3. The molecule has 1 N–H and O–H groups in total. The first-order chi connectivity index (χ1) is 8.90. The lowest BCUT2D eigenvalue weighted by Crippen LogP contribution is -2.16. The molecule has 1 aromatic carbocycles. The highest BCUT2D eigenvalue weighted by Crippen LogP contribution is 2.33. The van der Waals surface area contributed by atoms with Crippen LogP contribution in [0.1, 0.15) is 11.3 Å². The van der Waals surface area contributed by atoms with Crippen molar-refractivity contribution in [3.05, 3.63) is 35.6 Å². The van der Waals surface area contributed by atoms with Crippen molar-refractivity contribution in [3.63, 3.8) is 0 Å². The highest BCUT2D eigenvalue weighted by Gasteiger charge is 2.20. The Kier molecular flexibility index (Phi) is 3.02. The van der Waals surface area contributed by atoms with Gasteiger partial charge in [-0.25, -0.2) is 0 Å². The number of nitrogens with one attached hydrogen (secondary N) is 1. The minimum atomic E-state index is 0.839. The molecule has 2 aromatic rings. The molecule has 0 fully saturated rings. The van der Waals surface area contributed by atoms with Crippen LogP contribution in [0.15, 0.2) is 28.8 Å². The van der Waals surface area contributed by atoms with E-state index in [0.717, 1.165) is 48.7 Å². The van der Waals surface area contributed by atoms with Crippen LogP contribution in [-0.2, 0) is 12.8 Å². The van der Waals surface area contributed by atoms with Crippen molar-refractivity contribution >= 4 is 0 Å². The Labute approximate surface area is 106 Å². The van der Waals surface area contributed by atoms with Gasteiger partial charge in [0.15, 0.2) is 0 Å². The predicted octanol–water partition coefficient (Wildman–Crippen LogP) is 2.04. The smallest absolute Gasteiger partial charge is 0.141 e. The first-order valence-electron chi connectivity index (χ1n) is 6.21. The fraction of sp³-hybridized carbons (Fsp3) is 0.357. The molecule has 0 atom stereocenters. The Morgan fingerprint density at radius 1 is 1.22 bits per heavy atom. The normalized spacial score (nSPS) is 14.9. The van der Waals surface area contributed by atoms with E-state index in [-0.39, 0.29) is 0 Å². The van der Waals surface area contributed by atoms with Crippen molar-refractivity contribution in [3.8, 4) is 17.0 Å². The first kappa shape index (κ1) is 11.3. The van der Waals surface area contributed by atoms with Crippen LogP contribution in [0.5, 0.6) is 5.75 Å². The molecule has 0 bridgehead atoms. The third-order valence-electron chi connectivity index (χ3n) is 3.31. The molecule has 2 heterocycles. The van der Waals surface area contributed by atoms with E-state index in [1.54, 1.807) is 7.11 Å². The van der Waals surface area contributed by atoms with Crippen molar-refractivity contribution in [1.29, 1.82) is 0 Å². The molecule has 0 aliphatic carbocycles. The van der Waals surface area contributed by atoms with Gasteiger partial charge in [0.1, 0.15) is 17.2 Å². The average Bonchev–Trinajstić information content (AvgIpc) is 2.67. The summed E-state index contributed by atoms with van der Waals surface area (Å²) in [6.45, 7) is 1.92. The van der Waals surface area contributed by atoms with E-state index in [4.69, 9.17) is 9.26 Å². The molecule has 4 heteroatoms. The van der Waals surface area contributed by atoms with E-state index in [1.165, 1.54) is 5.56 Å². The van der Waals surface area contributed by atoms with E-state index < -0.39 is 0 Å². The molecule has 18 heavy (non-hydrogen) atoms. The van der Waals surface area contributed by atoms with Crippen molar-refractivity contribution in [1.82, 2.24) is 10.5 Å². The Hall–Kier alpha value is -1.81. The number of nitrogens with zero attached hydrogens (tertiary/aromatic N) is 1. The number of hydrogen-bond acceptors (Lipinski definition) is 4. The zero-order valence-electron chi connectivity index (χ0n) is 10.4. The lowest BCUT2D eigenvalue weighted by Gasteiger charge is -2.06. The molecule has 0 unspecified atom stereocenters. The summed E-state index contributed by atoms with van der Waals surface area (Å²) >= 11 is 0. The number of ether oxygens (including phenoxy) is 1. The summed E-state index contributed by atoms with van der Waals surface area (Å²) in [5.41, 5.74) is 3.14. The molecule has 0 radical (unpaired) electrons. The van der Waals surface area contributed by atoms with E-state index >= 15 is 0 Å². The van der Waals surface area contributed by atoms with Gasteiger partial charge in [0.25, 0.3) is 0 Å². The number of para-hydroxylation sites is 1. The summed E-state index contributed by atoms with van der Waals surface area (Å²) < 4.78 is 10.9. The molecule has 0 saturated carbocycles. The second kappa shape index (κ2) is 4.82. The highest BCUT2D eigenvalue weighted by atomic mass is 16.5. The molecular weight excluding hydrogens is 228 g/mol. The number of fused-ring (bicyclic) bond motifs is 1. The number of methoxy groups -OCH3 is 1. The van der Waals surface area contributed by atoms with Crippen molar-refractivity contribution in [2.45, 2.75) is 12.8 Å². The van der Waals surface area contributed by atoms with Crippen molar-refractivity contribution < 1.29 is 9.26 Å². The second-order valence-electron chi connectivity index (χ2n) is 4.38. The maximum absolute atomic E-state index is 5.48. The molecule has 0 amide bonds. The maximum atomic E-state index is 5.48. The third-order valence-corrected chi connectivity index (χ3v) is 3.31. The molecule has 0 saturated heterocycles. The Balaban J connectivity index is 2.09. The van der Waals surface area contributed by atoms with Gasteiger partial charge in [0, 0.05) is 24.1 Å². The summed E-state index contributed by atoms with van der Waals surface area (Å²) in [5.74, 6) is 1.84. The lowest BCUT2D eigenvalue weighted by molar-refractivity contribution is 0.383. The molecule has 4 nitrogen and oxygen atoms in total. The van der Waals surface area contributed by atoms with E-state index in [9.17, 15) is 0 Å². The van der Waals surface area contributed by atoms with Crippen molar-refractivity contribution in [2.24, 2.45) is 0 Å². The predicted molar refractivity (Wildman–Crippen MR) is 68.8 cm³/mol. The van der Waals surface area contributed by atoms with Crippen LogP contribution in [0.25, 0.3) is 11.3 Å². The number of hydrogen-bond donors (Lipinski definition) is 1. The Morgan fingerprint density at radius 2 is 2.06 bits per heavy atom. The van der Waals surface area contributed by atoms with Crippen LogP contribution < -0.4 is 10.1 Å².